The lowest BCUT2D eigenvalue weighted by Gasteiger charge is -2.32. The number of benzene rings is 2. The monoisotopic (exact) mass is 402 g/mol. The van der Waals surface area contributed by atoms with Gasteiger partial charge in [-0.25, -0.2) is 8.42 Å². The lowest BCUT2D eigenvalue weighted by Crippen LogP contribution is -2.47. The summed E-state index contributed by atoms with van der Waals surface area (Å²) in [6.45, 7) is 2.56. The number of amides is 1. The maximum absolute atomic E-state index is 13.0. The number of hydrogen-bond donors (Lipinski definition) is 0. The molecule has 0 N–H and O–H groups in total. The summed E-state index contributed by atoms with van der Waals surface area (Å²) in [5.74, 6) is -0.957. The average Bonchev–Trinajstić information content (AvgIpc) is 2.91. The first kappa shape index (κ1) is 18.7. The topological polar surface area (TPSA) is 84.0 Å². The Labute approximate surface area is 163 Å². The van der Waals surface area contributed by atoms with E-state index in [0.29, 0.717) is 37.1 Å². The summed E-state index contributed by atoms with van der Waals surface area (Å²) in [7, 11) is -3.78. The summed E-state index contributed by atoms with van der Waals surface area (Å²) in [6, 6.07) is 10.5. The number of ether oxygens (including phenoxy) is 1. The molecule has 1 atom stereocenters. The first-order valence-corrected chi connectivity index (χ1v) is 10.9. The van der Waals surface area contributed by atoms with Crippen molar-refractivity contribution in [3.63, 3.8) is 0 Å². The van der Waals surface area contributed by atoms with Crippen LogP contribution in [0, 0.1) is 5.92 Å². The van der Waals surface area contributed by atoms with Gasteiger partial charge in [-0.15, -0.1) is 0 Å². The molecule has 0 spiro atoms. The molecule has 148 valence electrons. The van der Waals surface area contributed by atoms with Gasteiger partial charge >= 0.3 is 5.97 Å². The van der Waals surface area contributed by atoms with Gasteiger partial charge in [-0.1, -0.05) is 24.3 Å². The van der Waals surface area contributed by atoms with Gasteiger partial charge in [0.2, 0.25) is 5.91 Å². The number of rotatable bonds is 4. The Bertz CT molecular complexity index is 1040. The molecule has 0 unspecified atom stereocenters. The average molecular weight is 402 g/mol. The van der Waals surface area contributed by atoms with Crippen molar-refractivity contribution < 1.29 is 22.7 Å². The van der Waals surface area contributed by atoms with Gasteiger partial charge in [0.05, 0.1) is 23.1 Å². The van der Waals surface area contributed by atoms with Crippen molar-refractivity contribution in [1.29, 1.82) is 0 Å². The van der Waals surface area contributed by atoms with Crippen LogP contribution in [0.2, 0.25) is 0 Å². The number of sulfonamides is 1. The predicted octanol–water partition coefficient (Wildman–Crippen LogP) is 2.15. The first-order chi connectivity index (χ1) is 13.4. The molecule has 0 radical (unpaired) electrons. The van der Waals surface area contributed by atoms with Crippen molar-refractivity contribution in [2.24, 2.45) is 5.92 Å². The van der Waals surface area contributed by atoms with Crippen molar-refractivity contribution in [3.05, 3.63) is 36.4 Å². The van der Waals surface area contributed by atoms with Gasteiger partial charge in [0.15, 0.2) is 0 Å². The Kier molecular flexibility index (Phi) is 4.74. The molecule has 0 saturated carbocycles. The quantitative estimate of drug-likeness (QED) is 0.732. The van der Waals surface area contributed by atoms with E-state index in [-0.39, 0.29) is 35.8 Å². The predicted molar refractivity (Wildman–Crippen MR) is 104 cm³/mol. The third-order valence-electron chi connectivity index (χ3n) is 5.35. The maximum atomic E-state index is 13.0. The number of nitrogens with zero attached hydrogens (tertiary/aromatic N) is 2. The largest absolute Gasteiger partial charge is 0.466 e. The molecule has 1 amide bonds. The van der Waals surface area contributed by atoms with E-state index in [0.717, 1.165) is 5.39 Å². The zero-order valence-electron chi connectivity index (χ0n) is 15.6. The summed E-state index contributed by atoms with van der Waals surface area (Å²) in [5.41, 5.74) is 0.528. The molecule has 0 aliphatic carbocycles. The summed E-state index contributed by atoms with van der Waals surface area (Å²) in [5, 5.41) is 1.48. The van der Waals surface area contributed by atoms with Crippen LogP contribution >= 0.6 is 0 Å². The number of esters is 1. The highest BCUT2D eigenvalue weighted by Crippen LogP contribution is 2.41. The van der Waals surface area contributed by atoms with Crippen molar-refractivity contribution in [2.75, 3.05) is 30.5 Å². The molecule has 0 bridgehead atoms. The molecule has 2 aliphatic rings. The molecular formula is C20H22N2O5S. The van der Waals surface area contributed by atoms with Crippen molar-refractivity contribution in [2.45, 2.75) is 24.7 Å². The molecule has 2 aliphatic heterocycles. The minimum atomic E-state index is -3.78. The lowest BCUT2D eigenvalue weighted by molar-refractivity contribution is -0.151. The zero-order chi connectivity index (χ0) is 19.9. The minimum Gasteiger partial charge on any atom is -0.466 e. The molecule has 8 heteroatoms. The Morgan fingerprint density at radius 2 is 1.93 bits per heavy atom. The van der Waals surface area contributed by atoms with E-state index in [1.165, 1.54) is 4.31 Å². The Morgan fingerprint density at radius 3 is 2.68 bits per heavy atom. The fourth-order valence-corrected chi connectivity index (χ4v) is 5.67. The molecular weight excluding hydrogens is 380 g/mol. The second kappa shape index (κ2) is 7.09. The number of anilines is 1. The molecule has 2 heterocycles. The second-order valence-electron chi connectivity index (χ2n) is 7.07. The van der Waals surface area contributed by atoms with Crippen LogP contribution in [0.5, 0.6) is 0 Å². The standard InChI is InChI=1S/C20H22N2O5S/c1-2-27-20(24)15-8-5-11-21(12-15)18(23)13-22-16-9-3-6-14-7-4-10-17(19(14)16)28(22,25)26/h3-4,6-7,9-10,15H,2,5,8,11-13H2,1H3/t15-/m0/s1. The Morgan fingerprint density at radius 1 is 1.18 bits per heavy atom. The molecule has 0 aromatic heterocycles. The van der Waals surface area contributed by atoms with E-state index >= 15 is 0 Å². The van der Waals surface area contributed by atoms with Crippen LogP contribution in [0.1, 0.15) is 19.8 Å². The van der Waals surface area contributed by atoms with Gasteiger partial charge in [-0.05, 0) is 37.3 Å². The maximum Gasteiger partial charge on any atom is 0.310 e. The van der Waals surface area contributed by atoms with Crippen LogP contribution in [-0.2, 0) is 24.3 Å². The zero-order valence-corrected chi connectivity index (χ0v) is 16.4. The highest BCUT2D eigenvalue weighted by atomic mass is 32.2. The van der Waals surface area contributed by atoms with Gasteiger partial charge in [0.25, 0.3) is 10.0 Å². The summed E-state index contributed by atoms with van der Waals surface area (Å²) >= 11 is 0. The third kappa shape index (κ3) is 3.01. The van der Waals surface area contributed by atoms with E-state index in [1.807, 2.05) is 12.1 Å². The second-order valence-corrected chi connectivity index (χ2v) is 8.90. The summed E-state index contributed by atoms with van der Waals surface area (Å²) < 4.78 is 32.3. The number of likely N-dealkylation sites (tertiary alicyclic amines) is 1. The van der Waals surface area contributed by atoms with E-state index in [1.54, 1.807) is 36.1 Å². The normalized spacial score (nSPS) is 20.4. The fraction of sp³-hybridized carbons (Fsp3) is 0.400. The van der Waals surface area contributed by atoms with Gasteiger partial charge in [-0.2, -0.15) is 0 Å². The Hall–Kier alpha value is -2.61. The minimum absolute atomic E-state index is 0.233. The Balaban J connectivity index is 1.57. The van der Waals surface area contributed by atoms with E-state index in [2.05, 4.69) is 0 Å². The van der Waals surface area contributed by atoms with Crippen LogP contribution in [0.3, 0.4) is 0 Å². The first-order valence-electron chi connectivity index (χ1n) is 9.42. The van der Waals surface area contributed by atoms with Gasteiger partial charge in [0, 0.05) is 18.5 Å². The molecule has 2 aromatic carbocycles. The number of piperidine rings is 1. The van der Waals surface area contributed by atoms with Gasteiger partial charge in [-0.3, -0.25) is 13.9 Å². The highest BCUT2D eigenvalue weighted by Gasteiger charge is 2.38. The molecule has 28 heavy (non-hydrogen) atoms. The van der Waals surface area contributed by atoms with E-state index in [9.17, 15) is 18.0 Å². The molecule has 7 nitrogen and oxygen atoms in total. The summed E-state index contributed by atoms with van der Waals surface area (Å²) in [6.07, 6.45) is 1.37. The van der Waals surface area contributed by atoms with E-state index < -0.39 is 10.0 Å². The molecule has 2 aromatic rings. The van der Waals surface area contributed by atoms with Crippen LogP contribution in [0.25, 0.3) is 10.8 Å². The molecule has 4 rings (SSSR count). The highest BCUT2D eigenvalue weighted by molar-refractivity contribution is 7.93. The van der Waals surface area contributed by atoms with E-state index in [4.69, 9.17) is 4.74 Å². The molecule has 1 fully saturated rings. The van der Waals surface area contributed by atoms with Gasteiger partial charge < -0.3 is 9.64 Å². The van der Waals surface area contributed by atoms with Crippen LogP contribution in [0.15, 0.2) is 41.3 Å². The van der Waals surface area contributed by atoms with Crippen molar-refractivity contribution >= 4 is 38.4 Å². The van der Waals surface area contributed by atoms with Crippen LogP contribution in [-0.4, -0.2) is 51.4 Å². The van der Waals surface area contributed by atoms with Crippen molar-refractivity contribution in [1.82, 2.24) is 4.90 Å². The number of carbonyl (C=O) groups excluding carboxylic acids is 2. The lowest BCUT2D eigenvalue weighted by atomic mass is 9.98. The van der Waals surface area contributed by atoms with Crippen LogP contribution < -0.4 is 4.31 Å². The fourth-order valence-electron chi connectivity index (χ4n) is 4.01. The van der Waals surface area contributed by atoms with Gasteiger partial charge in [0.1, 0.15) is 6.54 Å². The number of hydrogen-bond acceptors (Lipinski definition) is 5. The van der Waals surface area contributed by atoms with Crippen molar-refractivity contribution in [3.8, 4) is 0 Å². The van der Waals surface area contributed by atoms with Crippen LogP contribution in [0.4, 0.5) is 5.69 Å². The SMILES string of the molecule is CCOC(=O)[C@H]1CCCN(C(=O)CN2c3cccc4cccc(c34)S2(=O)=O)C1. The summed E-state index contributed by atoms with van der Waals surface area (Å²) in [4.78, 5) is 26.7. The smallest absolute Gasteiger partial charge is 0.310 e. The molecule has 1 saturated heterocycles. The third-order valence-corrected chi connectivity index (χ3v) is 7.16. The number of carbonyl (C=O) groups is 2.